The normalized spacial score (nSPS) is 9.12. The van der Waals surface area contributed by atoms with Gasteiger partial charge in [-0.3, -0.25) is 10.1 Å². The van der Waals surface area contributed by atoms with Crippen LogP contribution in [0.5, 0.6) is 0 Å². The highest BCUT2D eigenvalue weighted by atomic mass is 35.5. The minimum Gasteiger partial charge on any atom is -0.339 e. The lowest BCUT2D eigenvalue weighted by Crippen LogP contribution is -2.24. The van der Waals surface area contributed by atoms with E-state index >= 15 is 0 Å². The fourth-order valence-electron chi connectivity index (χ4n) is 1.34. The van der Waals surface area contributed by atoms with Crippen molar-refractivity contribution in [2.45, 2.75) is 0 Å². The largest absolute Gasteiger partial charge is 0.339 e. The van der Waals surface area contributed by atoms with Gasteiger partial charge in [-0.2, -0.15) is 10.5 Å². The van der Waals surface area contributed by atoms with E-state index in [0.29, 0.717) is 0 Å². The number of halogens is 1. The average Bonchev–Trinajstić information content (AvgIpc) is 2.28. The number of hydrogen-bond donors (Lipinski definition) is 0. The summed E-state index contributed by atoms with van der Waals surface area (Å²) < 4.78 is 0. The molecule has 0 aliphatic rings. The van der Waals surface area contributed by atoms with Crippen LogP contribution >= 0.6 is 11.6 Å². The lowest BCUT2D eigenvalue weighted by molar-refractivity contribution is -0.384. The predicted molar refractivity (Wildman–Crippen MR) is 61.5 cm³/mol. The molecule has 1 rings (SSSR count). The van der Waals surface area contributed by atoms with Crippen molar-refractivity contribution in [1.82, 2.24) is 0 Å². The Kier molecular flexibility index (Phi) is 4.27. The number of hydrogen-bond acceptors (Lipinski definition) is 5. The first-order valence-electron chi connectivity index (χ1n) is 4.53. The molecule has 17 heavy (non-hydrogen) atoms. The minimum absolute atomic E-state index is 0.0200. The zero-order chi connectivity index (χ0) is 12.8. The van der Waals surface area contributed by atoms with Crippen LogP contribution in [0.4, 0.5) is 11.4 Å². The van der Waals surface area contributed by atoms with Crippen molar-refractivity contribution in [2.24, 2.45) is 0 Å². The Balaban J connectivity index is 3.29. The van der Waals surface area contributed by atoms with Crippen LogP contribution < -0.4 is 4.90 Å². The Morgan fingerprint density at radius 2 is 1.94 bits per heavy atom. The van der Waals surface area contributed by atoms with Crippen molar-refractivity contribution in [2.75, 3.05) is 18.0 Å². The topological polar surface area (TPSA) is 94.0 Å². The van der Waals surface area contributed by atoms with Gasteiger partial charge in [0.1, 0.15) is 23.8 Å². The van der Waals surface area contributed by atoms with Crippen LogP contribution in [0.1, 0.15) is 0 Å². The highest BCUT2D eigenvalue weighted by Crippen LogP contribution is 2.34. The Bertz CT molecular complexity index is 502. The van der Waals surface area contributed by atoms with E-state index < -0.39 is 4.92 Å². The van der Waals surface area contributed by atoms with Gasteiger partial charge in [0.15, 0.2) is 0 Å². The molecule has 7 heteroatoms. The van der Waals surface area contributed by atoms with Gasteiger partial charge in [0.25, 0.3) is 0 Å². The summed E-state index contributed by atoms with van der Waals surface area (Å²) in [5, 5.41) is 28.1. The molecule has 0 bridgehead atoms. The van der Waals surface area contributed by atoms with E-state index in [1.807, 2.05) is 12.1 Å². The highest BCUT2D eigenvalue weighted by Gasteiger charge is 2.22. The molecule has 0 atom stereocenters. The third-order valence-corrected chi connectivity index (χ3v) is 2.32. The van der Waals surface area contributed by atoms with Crippen LogP contribution in [0, 0.1) is 32.8 Å². The number of benzene rings is 1. The van der Waals surface area contributed by atoms with E-state index in [0.717, 1.165) is 0 Å². The van der Waals surface area contributed by atoms with E-state index in [2.05, 4.69) is 0 Å². The van der Waals surface area contributed by atoms with Crippen molar-refractivity contribution in [3.05, 3.63) is 33.3 Å². The molecule has 0 fully saturated rings. The van der Waals surface area contributed by atoms with Gasteiger partial charge in [-0.05, 0) is 12.1 Å². The lowest BCUT2D eigenvalue weighted by Gasteiger charge is -2.17. The van der Waals surface area contributed by atoms with Crippen molar-refractivity contribution in [3.8, 4) is 12.1 Å². The first-order chi connectivity index (χ1) is 8.11. The van der Waals surface area contributed by atoms with Crippen LogP contribution in [0.25, 0.3) is 0 Å². The molecule has 0 heterocycles. The van der Waals surface area contributed by atoms with Crippen LogP contribution in [0.15, 0.2) is 18.2 Å². The van der Waals surface area contributed by atoms with Crippen LogP contribution in [0.2, 0.25) is 5.02 Å². The number of nitrogens with zero attached hydrogens (tertiary/aromatic N) is 4. The Morgan fingerprint density at radius 3 is 2.41 bits per heavy atom. The molecule has 0 spiro atoms. The molecule has 0 aromatic heterocycles. The molecule has 0 aliphatic carbocycles. The summed E-state index contributed by atoms with van der Waals surface area (Å²) in [5.41, 5.74) is -0.120. The van der Waals surface area contributed by atoms with Gasteiger partial charge < -0.3 is 4.90 Å². The fourth-order valence-corrected chi connectivity index (χ4v) is 1.58. The van der Waals surface area contributed by atoms with Gasteiger partial charge in [-0.15, -0.1) is 0 Å². The summed E-state index contributed by atoms with van der Waals surface area (Å²) in [6.07, 6.45) is 0. The van der Waals surface area contributed by atoms with E-state index in [1.54, 1.807) is 0 Å². The minimum atomic E-state index is -0.626. The lowest BCUT2D eigenvalue weighted by atomic mass is 10.2. The van der Waals surface area contributed by atoms with Crippen LogP contribution in [-0.2, 0) is 0 Å². The summed E-state index contributed by atoms with van der Waals surface area (Å²) in [6.45, 7) is -0.233. The molecule has 1 aromatic rings. The first kappa shape index (κ1) is 12.8. The van der Waals surface area contributed by atoms with E-state index in [1.165, 1.54) is 23.1 Å². The zero-order valence-electron chi connectivity index (χ0n) is 8.63. The Morgan fingerprint density at radius 1 is 1.35 bits per heavy atom. The summed E-state index contributed by atoms with van der Waals surface area (Å²) in [6, 6.07) is 8.07. The number of nitriles is 2. The monoisotopic (exact) mass is 250 g/mol. The molecule has 0 aliphatic heterocycles. The molecule has 0 saturated heterocycles. The van der Waals surface area contributed by atoms with Crippen molar-refractivity contribution >= 4 is 23.0 Å². The molecule has 6 nitrogen and oxygen atoms in total. The van der Waals surface area contributed by atoms with E-state index in [9.17, 15) is 10.1 Å². The third-order valence-electron chi connectivity index (χ3n) is 2.01. The maximum Gasteiger partial charge on any atom is 0.311 e. The average molecular weight is 251 g/mol. The molecule has 0 unspecified atom stereocenters. The smallest absolute Gasteiger partial charge is 0.311 e. The fraction of sp³-hybridized carbons (Fsp3) is 0.200. The van der Waals surface area contributed by atoms with Gasteiger partial charge in [0.05, 0.1) is 17.1 Å². The van der Waals surface area contributed by atoms with Gasteiger partial charge in [-0.25, -0.2) is 0 Å². The third kappa shape index (κ3) is 2.83. The number of rotatable bonds is 4. The number of nitro benzene ring substituents is 1. The first-order valence-corrected chi connectivity index (χ1v) is 4.91. The number of anilines is 1. The van der Waals surface area contributed by atoms with Gasteiger partial charge in [-0.1, -0.05) is 17.7 Å². The van der Waals surface area contributed by atoms with Gasteiger partial charge >= 0.3 is 5.69 Å². The summed E-state index contributed by atoms with van der Waals surface area (Å²) in [5.74, 6) is 0. The molecule has 1 aromatic carbocycles. The Hall–Kier alpha value is -2.31. The van der Waals surface area contributed by atoms with Gasteiger partial charge in [0, 0.05) is 0 Å². The zero-order valence-corrected chi connectivity index (χ0v) is 9.39. The molecule has 0 saturated carbocycles. The molecular weight excluding hydrogens is 244 g/mol. The Labute approximate surface area is 102 Å². The van der Waals surface area contributed by atoms with Crippen molar-refractivity contribution in [3.63, 3.8) is 0 Å². The maximum atomic E-state index is 10.9. The highest BCUT2D eigenvalue weighted by molar-refractivity contribution is 6.33. The maximum absolute atomic E-state index is 10.9. The molecule has 0 N–H and O–H groups in total. The van der Waals surface area contributed by atoms with Gasteiger partial charge in [0.2, 0.25) is 0 Å². The molecular formula is C10H7ClN4O2. The second kappa shape index (κ2) is 5.69. The van der Waals surface area contributed by atoms with Crippen molar-refractivity contribution in [1.29, 1.82) is 10.5 Å². The summed E-state index contributed by atoms with van der Waals surface area (Å²) in [7, 11) is 0. The second-order valence-electron chi connectivity index (χ2n) is 3.04. The van der Waals surface area contributed by atoms with E-state index in [-0.39, 0.29) is 29.5 Å². The standard InChI is InChI=1S/C10H7ClN4O2/c11-8-2-1-3-9(10(8)15(16)17)14(6-4-12)7-5-13/h1-3H,6-7H2. The quantitative estimate of drug-likeness (QED) is 0.463. The predicted octanol–water partition coefficient (Wildman–Crippen LogP) is 2.10. The molecule has 0 radical (unpaired) electrons. The van der Waals surface area contributed by atoms with Crippen molar-refractivity contribution < 1.29 is 4.92 Å². The SMILES string of the molecule is N#CCN(CC#N)c1cccc(Cl)c1[N+](=O)[O-]. The second-order valence-corrected chi connectivity index (χ2v) is 3.44. The molecule has 0 amide bonds. The summed E-state index contributed by atoms with van der Waals surface area (Å²) >= 11 is 5.73. The number of para-hydroxylation sites is 1. The van der Waals surface area contributed by atoms with Crippen LogP contribution in [-0.4, -0.2) is 18.0 Å². The van der Waals surface area contributed by atoms with E-state index in [4.69, 9.17) is 22.1 Å². The van der Waals surface area contributed by atoms with Crippen LogP contribution in [0.3, 0.4) is 0 Å². The molecule has 86 valence electrons. The number of nitro groups is 1. The summed E-state index contributed by atoms with van der Waals surface area (Å²) in [4.78, 5) is 11.6.